The van der Waals surface area contributed by atoms with Gasteiger partial charge in [0.1, 0.15) is 18.1 Å². The second kappa shape index (κ2) is 6.20. The summed E-state index contributed by atoms with van der Waals surface area (Å²) in [5, 5.41) is 17.1. The van der Waals surface area contributed by atoms with Gasteiger partial charge in [0.05, 0.1) is 0 Å². The summed E-state index contributed by atoms with van der Waals surface area (Å²) in [6.07, 6.45) is 3.86. The van der Waals surface area contributed by atoms with E-state index in [1.807, 2.05) is 30.3 Å². The van der Waals surface area contributed by atoms with Crippen molar-refractivity contribution in [3.05, 3.63) is 48.5 Å². The number of likely N-dealkylation sites (tertiary alicyclic amines) is 1. The van der Waals surface area contributed by atoms with Crippen molar-refractivity contribution in [1.29, 1.82) is 0 Å². The Morgan fingerprint density at radius 3 is 2.52 bits per heavy atom. The molecule has 23 heavy (non-hydrogen) atoms. The molecule has 7 nitrogen and oxygen atoms in total. The van der Waals surface area contributed by atoms with Crippen LogP contribution in [0, 0.1) is 0 Å². The fourth-order valence-corrected chi connectivity index (χ4v) is 3.03. The summed E-state index contributed by atoms with van der Waals surface area (Å²) in [5.74, 6) is -0.921. The number of aliphatic carboxylic acids is 1. The SMILES string of the molecule is O=C(CCn1cnnc1)N1CC[C@@](C(=O)O)(c2ccccc2)C1. The Kier molecular flexibility index (Phi) is 4.10. The normalized spacial score (nSPS) is 20.6. The highest BCUT2D eigenvalue weighted by Gasteiger charge is 2.47. The predicted octanol–water partition coefficient (Wildman–Crippen LogP) is 0.923. The van der Waals surface area contributed by atoms with Crippen LogP contribution in [0.5, 0.6) is 0 Å². The highest BCUT2D eigenvalue weighted by molar-refractivity contribution is 5.85. The molecule has 2 heterocycles. The summed E-state index contributed by atoms with van der Waals surface area (Å²) in [7, 11) is 0. The van der Waals surface area contributed by atoms with Crippen LogP contribution in [-0.4, -0.2) is 49.7 Å². The van der Waals surface area contributed by atoms with Crippen molar-refractivity contribution >= 4 is 11.9 Å². The summed E-state index contributed by atoms with van der Waals surface area (Å²) in [6.45, 7) is 1.17. The molecular formula is C16H18N4O3. The summed E-state index contributed by atoms with van der Waals surface area (Å²) in [6, 6.07) is 9.15. The van der Waals surface area contributed by atoms with Crippen LogP contribution in [0.4, 0.5) is 0 Å². The number of nitrogens with zero attached hydrogens (tertiary/aromatic N) is 4. The number of carbonyl (C=O) groups excluding carboxylic acids is 1. The lowest BCUT2D eigenvalue weighted by atomic mass is 9.80. The van der Waals surface area contributed by atoms with E-state index >= 15 is 0 Å². The molecule has 1 N–H and O–H groups in total. The quantitative estimate of drug-likeness (QED) is 0.886. The highest BCUT2D eigenvalue weighted by Crippen LogP contribution is 2.35. The van der Waals surface area contributed by atoms with Gasteiger partial charge in [0.15, 0.2) is 0 Å². The van der Waals surface area contributed by atoms with Gasteiger partial charge in [-0.1, -0.05) is 30.3 Å². The summed E-state index contributed by atoms with van der Waals surface area (Å²) in [5.41, 5.74) is -0.255. The molecule has 1 aliphatic heterocycles. The van der Waals surface area contributed by atoms with Gasteiger partial charge in [-0.15, -0.1) is 10.2 Å². The van der Waals surface area contributed by atoms with Gasteiger partial charge in [-0.25, -0.2) is 0 Å². The number of hydrogen-bond acceptors (Lipinski definition) is 4. The van der Waals surface area contributed by atoms with Gasteiger partial charge in [-0.3, -0.25) is 9.59 Å². The van der Waals surface area contributed by atoms with E-state index < -0.39 is 11.4 Å². The molecular weight excluding hydrogens is 296 g/mol. The van der Waals surface area contributed by atoms with E-state index in [1.165, 1.54) is 0 Å². The second-order valence-corrected chi connectivity index (χ2v) is 5.77. The molecule has 2 aromatic rings. The van der Waals surface area contributed by atoms with Crippen LogP contribution in [0.15, 0.2) is 43.0 Å². The van der Waals surface area contributed by atoms with Gasteiger partial charge in [0, 0.05) is 26.1 Å². The molecule has 1 aromatic carbocycles. The third kappa shape index (κ3) is 2.94. The van der Waals surface area contributed by atoms with E-state index in [2.05, 4.69) is 10.2 Å². The van der Waals surface area contributed by atoms with Crippen LogP contribution < -0.4 is 0 Å². The van der Waals surface area contributed by atoms with Crippen molar-refractivity contribution < 1.29 is 14.7 Å². The lowest BCUT2D eigenvalue weighted by Crippen LogP contribution is -2.40. The zero-order chi connectivity index (χ0) is 16.3. The average molecular weight is 314 g/mol. The number of aromatic nitrogens is 3. The Bertz CT molecular complexity index is 687. The lowest BCUT2D eigenvalue weighted by molar-refractivity contribution is -0.143. The van der Waals surface area contributed by atoms with E-state index in [0.29, 0.717) is 25.9 Å². The molecule has 0 saturated carbocycles. The maximum Gasteiger partial charge on any atom is 0.316 e. The van der Waals surface area contributed by atoms with Gasteiger partial charge in [0.25, 0.3) is 0 Å². The average Bonchev–Trinajstić information content (AvgIpc) is 3.24. The molecule has 1 amide bonds. The van der Waals surface area contributed by atoms with E-state index in [4.69, 9.17) is 0 Å². The van der Waals surface area contributed by atoms with Gasteiger partial charge < -0.3 is 14.6 Å². The van der Waals surface area contributed by atoms with E-state index in [1.54, 1.807) is 22.1 Å². The number of hydrogen-bond donors (Lipinski definition) is 1. The van der Waals surface area contributed by atoms with Crippen molar-refractivity contribution in [3.63, 3.8) is 0 Å². The van der Waals surface area contributed by atoms with Crippen LogP contribution >= 0.6 is 0 Å². The number of benzene rings is 1. The van der Waals surface area contributed by atoms with Gasteiger partial charge in [-0.2, -0.15) is 0 Å². The van der Waals surface area contributed by atoms with Crippen molar-refractivity contribution in [2.45, 2.75) is 24.8 Å². The summed E-state index contributed by atoms with van der Waals surface area (Å²) < 4.78 is 1.73. The Hall–Kier alpha value is -2.70. The zero-order valence-corrected chi connectivity index (χ0v) is 12.6. The Labute approximate surface area is 133 Å². The van der Waals surface area contributed by atoms with Gasteiger partial charge >= 0.3 is 5.97 Å². The molecule has 1 fully saturated rings. The molecule has 120 valence electrons. The monoisotopic (exact) mass is 314 g/mol. The minimum atomic E-state index is -1.01. The molecule has 0 aliphatic carbocycles. The fourth-order valence-electron chi connectivity index (χ4n) is 3.03. The molecule has 0 spiro atoms. The molecule has 1 aliphatic rings. The Morgan fingerprint density at radius 1 is 1.17 bits per heavy atom. The molecule has 0 unspecified atom stereocenters. The summed E-state index contributed by atoms with van der Waals surface area (Å²) >= 11 is 0. The third-order valence-electron chi connectivity index (χ3n) is 4.41. The van der Waals surface area contributed by atoms with E-state index in [9.17, 15) is 14.7 Å². The van der Waals surface area contributed by atoms with Crippen molar-refractivity contribution in [2.24, 2.45) is 0 Å². The molecule has 0 radical (unpaired) electrons. The smallest absolute Gasteiger partial charge is 0.316 e. The Morgan fingerprint density at radius 2 is 1.87 bits per heavy atom. The number of carbonyl (C=O) groups is 2. The predicted molar refractivity (Wildman–Crippen MR) is 81.6 cm³/mol. The Balaban J connectivity index is 1.70. The van der Waals surface area contributed by atoms with Crippen LogP contribution in [-0.2, 0) is 21.5 Å². The molecule has 1 atom stereocenters. The summed E-state index contributed by atoms with van der Waals surface area (Å²) in [4.78, 5) is 25.9. The highest BCUT2D eigenvalue weighted by atomic mass is 16.4. The molecule has 7 heteroatoms. The largest absolute Gasteiger partial charge is 0.481 e. The van der Waals surface area contributed by atoms with E-state index in [-0.39, 0.29) is 12.5 Å². The molecule has 0 bridgehead atoms. The number of aryl methyl sites for hydroxylation is 1. The first-order valence-corrected chi connectivity index (χ1v) is 7.51. The minimum absolute atomic E-state index is 0.0437. The van der Waals surface area contributed by atoms with Crippen LogP contribution in [0.2, 0.25) is 0 Å². The number of carboxylic acids is 1. The fraction of sp³-hybridized carbons (Fsp3) is 0.375. The first-order chi connectivity index (χ1) is 11.1. The van der Waals surface area contributed by atoms with E-state index in [0.717, 1.165) is 5.56 Å². The van der Waals surface area contributed by atoms with Crippen molar-refractivity contribution in [3.8, 4) is 0 Å². The van der Waals surface area contributed by atoms with Crippen LogP contribution in [0.1, 0.15) is 18.4 Å². The number of carboxylic acid groups (broad SMARTS) is 1. The zero-order valence-electron chi connectivity index (χ0n) is 12.6. The maximum absolute atomic E-state index is 12.4. The maximum atomic E-state index is 12.4. The third-order valence-corrected chi connectivity index (χ3v) is 4.41. The molecule has 1 saturated heterocycles. The first-order valence-electron chi connectivity index (χ1n) is 7.51. The van der Waals surface area contributed by atoms with Crippen molar-refractivity contribution in [2.75, 3.05) is 13.1 Å². The second-order valence-electron chi connectivity index (χ2n) is 5.77. The van der Waals surface area contributed by atoms with Gasteiger partial charge in [-0.05, 0) is 12.0 Å². The lowest BCUT2D eigenvalue weighted by Gasteiger charge is -2.25. The van der Waals surface area contributed by atoms with Crippen LogP contribution in [0.3, 0.4) is 0 Å². The molecule has 1 aromatic heterocycles. The number of rotatable bonds is 5. The first kappa shape index (κ1) is 15.2. The van der Waals surface area contributed by atoms with Gasteiger partial charge in [0.2, 0.25) is 5.91 Å². The number of amides is 1. The topological polar surface area (TPSA) is 88.3 Å². The molecule has 3 rings (SSSR count). The minimum Gasteiger partial charge on any atom is -0.481 e. The standard InChI is InChI=1S/C16H18N4O3/c21-14(6-8-19-11-17-18-12-19)20-9-7-16(10-20,15(22)23)13-4-2-1-3-5-13/h1-5,11-12H,6-10H2,(H,22,23)/t16-/m0/s1. The van der Waals surface area contributed by atoms with Crippen LogP contribution in [0.25, 0.3) is 0 Å². The van der Waals surface area contributed by atoms with Crippen molar-refractivity contribution in [1.82, 2.24) is 19.7 Å².